The molecule has 0 radical (unpaired) electrons. The number of primary amides is 1. The normalized spacial score (nSPS) is 15.8. The summed E-state index contributed by atoms with van der Waals surface area (Å²) in [6.45, 7) is 0.612. The van der Waals surface area contributed by atoms with Crippen molar-refractivity contribution in [3.63, 3.8) is 0 Å². The van der Waals surface area contributed by atoms with Crippen LogP contribution in [0.4, 0.5) is 13.6 Å². The number of aromatic nitrogens is 6. The summed E-state index contributed by atoms with van der Waals surface area (Å²) in [6.07, 6.45) is 7.47. The van der Waals surface area contributed by atoms with Crippen LogP contribution >= 0.6 is 0 Å². The number of alkyl halides is 1. The second kappa shape index (κ2) is 11.5. The third-order valence-electron chi connectivity index (χ3n) is 8.47. The smallest absolute Gasteiger partial charge is 0.404 e. The average Bonchev–Trinajstić information content (AvgIpc) is 3.50. The number of carbonyl (C=O) groups is 2. The van der Waals surface area contributed by atoms with E-state index in [-0.39, 0.29) is 12.5 Å². The number of rotatable bonds is 10. The van der Waals surface area contributed by atoms with E-state index in [0.29, 0.717) is 47.8 Å². The third-order valence-corrected chi connectivity index (χ3v) is 8.47. The van der Waals surface area contributed by atoms with Gasteiger partial charge < -0.3 is 29.1 Å². The van der Waals surface area contributed by atoms with Crippen LogP contribution < -0.4 is 5.73 Å². The van der Waals surface area contributed by atoms with Gasteiger partial charge in [0.25, 0.3) is 5.91 Å². The van der Waals surface area contributed by atoms with Crippen molar-refractivity contribution in [2.45, 2.75) is 38.5 Å². The van der Waals surface area contributed by atoms with E-state index in [1.807, 2.05) is 23.8 Å². The molecule has 7 rings (SSSR count). The van der Waals surface area contributed by atoms with Crippen molar-refractivity contribution in [2.24, 2.45) is 18.7 Å². The topological polar surface area (TPSA) is 126 Å². The van der Waals surface area contributed by atoms with Crippen LogP contribution in [0.3, 0.4) is 0 Å². The summed E-state index contributed by atoms with van der Waals surface area (Å²) in [5.74, 6) is 0.494. The molecule has 5 aromatic rings. The van der Waals surface area contributed by atoms with E-state index in [2.05, 4.69) is 33.8 Å². The first-order valence-corrected chi connectivity index (χ1v) is 14.9. The number of allylic oxidation sites excluding steroid dienone is 1. The predicted octanol–water partition coefficient (Wildman–Crippen LogP) is 4.48. The van der Waals surface area contributed by atoms with Gasteiger partial charge in [0.1, 0.15) is 18.3 Å². The first-order valence-electron chi connectivity index (χ1n) is 14.9. The molecule has 1 atom stereocenters. The lowest BCUT2D eigenvalue weighted by Gasteiger charge is -2.30. The Balaban J connectivity index is 1.25. The fraction of sp³-hybridized carbons (Fsp3) is 0.344. The van der Waals surface area contributed by atoms with E-state index in [1.54, 1.807) is 10.6 Å². The molecule has 4 aromatic heterocycles. The molecule has 0 bridgehead atoms. The molecule has 1 aliphatic heterocycles. The van der Waals surface area contributed by atoms with Crippen molar-refractivity contribution >= 4 is 40.1 Å². The second-order valence-electron chi connectivity index (χ2n) is 11.7. The molecule has 1 aromatic carbocycles. The lowest BCUT2D eigenvalue weighted by atomic mass is 10.0. The number of nitrogens with two attached hydrogens (primary N) is 1. The number of hydrogen-bond acceptors (Lipinski definition) is 6. The van der Waals surface area contributed by atoms with Gasteiger partial charge in [0.2, 0.25) is 5.95 Å². The van der Waals surface area contributed by atoms with Gasteiger partial charge in [0, 0.05) is 38.5 Å². The van der Waals surface area contributed by atoms with Crippen molar-refractivity contribution in [2.75, 3.05) is 19.8 Å². The fourth-order valence-corrected chi connectivity index (χ4v) is 6.12. The molecule has 2 aliphatic rings. The van der Waals surface area contributed by atoms with Crippen LogP contribution in [0.1, 0.15) is 34.5 Å². The van der Waals surface area contributed by atoms with Crippen molar-refractivity contribution in [3.8, 4) is 11.5 Å². The Morgan fingerprint density at radius 2 is 2.09 bits per heavy atom. The summed E-state index contributed by atoms with van der Waals surface area (Å²) in [5.41, 5.74) is 10.4. The summed E-state index contributed by atoms with van der Waals surface area (Å²) >= 11 is 0. The van der Waals surface area contributed by atoms with Gasteiger partial charge in [-0.25, -0.2) is 24.1 Å². The van der Waals surface area contributed by atoms with Crippen molar-refractivity contribution in [3.05, 3.63) is 71.7 Å². The fourth-order valence-electron chi connectivity index (χ4n) is 6.12. The second-order valence-corrected chi connectivity index (χ2v) is 11.7. The Labute approximate surface area is 256 Å². The number of benzene rings is 1. The summed E-state index contributed by atoms with van der Waals surface area (Å²) in [4.78, 5) is 39.5. The Bertz CT molecular complexity index is 1970. The number of hydrogen-bond donors (Lipinski definition) is 1. The zero-order valence-corrected chi connectivity index (χ0v) is 24.7. The molecule has 45 heavy (non-hydrogen) atoms. The van der Waals surface area contributed by atoms with Crippen LogP contribution in [0.25, 0.3) is 39.7 Å². The Kier molecular flexibility index (Phi) is 7.30. The molecule has 1 unspecified atom stereocenters. The number of imidazole rings is 2. The number of fused-ring (bicyclic) bond motifs is 3. The molecule has 2 amide bonds. The number of pyridine rings is 1. The maximum atomic E-state index is 13.4. The molecule has 1 saturated carbocycles. The number of nitrogens with zero attached hydrogens (tertiary/aromatic N) is 7. The first-order chi connectivity index (χ1) is 21.8. The van der Waals surface area contributed by atoms with E-state index in [0.717, 1.165) is 34.5 Å². The summed E-state index contributed by atoms with van der Waals surface area (Å²) < 4.78 is 37.6. The number of halogens is 2. The van der Waals surface area contributed by atoms with E-state index in [4.69, 9.17) is 20.4 Å². The quantitative estimate of drug-likeness (QED) is 0.247. The molecular weight excluding hydrogens is 582 g/mol. The number of aryl methyl sites for hydroxylation is 1. The minimum Gasteiger partial charge on any atom is -0.442 e. The lowest BCUT2D eigenvalue weighted by Crippen LogP contribution is -2.44. The van der Waals surface area contributed by atoms with Gasteiger partial charge in [0.15, 0.2) is 11.5 Å². The molecule has 2 N–H and O–H groups in total. The number of carbonyl (C=O) groups excluding carboxylic acids is 2. The Morgan fingerprint density at radius 3 is 2.82 bits per heavy atom. The highest BCUT2D eigenvalue weighted by molar-refractivity contribution is 5.99. The zero-order chi connectivity index (χ0) is 31.2. The van der Waals surface area contributed by atoms with Gasteiger partial charge in [-0.05, 0) is 36.5 Å². The minimum atomic E-state index is -1.13. The van der Waals surface area contributed by atoms with Gasteiger partial charge in [-0.1, -0.05) is 30.4 Å². The van der Waals surface area contributed by atoms with Crippen LogP contribution in [-0.2, 0) is 31.3 Å². The van der Waals surface area contributed by atoms with E-state index in [1.165, 1.54) is 30.3 Å². The monoisotopic (exact) mass is 614 g/mol. The molecule has 11 nitrogen and oxygen atoms in total. The highest BCUT2D eigenvalue weighted by Crippen LogP contribution is 2.38. The lowest BCUT2D eigenvalue weighted by molar-refractivity contribution is 0.0459. The van der Waals surface area contributed by atoms with E-state index >= 15 is 0 Å². The minimum absolute atomic E-state index is 0.0967. The third kappa shape index (κ3) is 5.54. The van der Waals surface area contributed by atoms with Crippen molar-refractivity contribution in [1.29, 1.82) is 0 Å². The van der Waals surface area contributed by atoms with Crippen LogP contribution in [-0.4, -0.2) is 71.4 Å². The predicted molar refractivity (Wildman–Crippen MR) is 163 cm³/mol. The maximum absolute atomic E-state index is 13.4. The molecule has 5 heterocycles. The maximum Gasteiger partial charge on any atom is 0.404 e. The van der Waals surface area contributed by atoms with Crippen LogP contribution in [0.2, 0.25) is 0 Å². The number of para-hydroxylation sites is 1. The van der Waals surface area contributed by atoms with Crippen molar-refractivity contribution < 1.29 is 23.1 Å². The Morgan fingerprint density at radius 1 is 1.24 bits per heavy atom. The molecular formula is C32H32F2N8O3. The van der Waals surface area contributed by atoms with Crippen molar-refractivity contribution in [1.82, 2.24) is 33.6 Å². The molecule has 1 aliphatic carbocycles. The Hall–Kier alpha value is -5.07. The van der Waals surface area contributed by atoms with Crippen LogP contribution in [0, 0.1) is 11.9 Å². The van der Waals surface area contributed by atoms with E-state index in [9.17, 15) is 18.4 Å². The van der Waals surface area contributed by atoms with Gasteiger partial charge in [-0.15, -0.1) is 0 Å². The number of ether oxygens (including phenoxy) is 1. The molecule has 13 heteroatoms. The van der Waals surface area contributed by atoms with E-state index < -0.39 is 24.8 Å². The summed E-state index contributed by atoms with van der Waals surface area (Å²) in [6, 6.07) is 10.1. The first kappa shape index (κ1) is 28.7. The molecule has 0 spiro atoms. The zero-order valence-electron chi connectivity index (χ0n) is 24.7. The molecule has 1 fully saturated rings. The average molecular weight is 615 g/mol. The van der Waals surface area contributed by atoms with Gasteiger partial charge >= 0.3 is 6.09 Å². The standard InChI is InChI=1S/C32H32F2N8O3/c1-39-29-25(13-23-24(37-29)9-11-41(31(23)43)16-22(14-33)45-32(35)44)38-30(39)26-12-21-5-2-4-20(28(21)42(26)15-19-7-8-19)6-3-10-40-17-27(34)36-18-40/h2-6,12-13,17-19,22H,7-11,14-16H2,1H3,(H2,35,44). The van der Waals surface area contributed by atoms with Gasteiger partial charge in [-0.2, -0.15) is 4.39 Å². The van der Waals surface area contributed by atoms with Gasteiger partial charge in [-0.3, -0.25) is 4.79 Å². The number of amides is 2. The molecule has 0 saturated heterocycles. The highest BCUT2D eigenvalue weighted by atomic mass is 19.1. The van der Waals surface area contributed by atoms with Gasteiger partial charge in [0.05, 0.1) is 41.5 Å². The summed E-state index contributed by atoms with van der Waals surface area (Å²) in [5, 5.41) is 1.08. The largest absolute Gasteiger partial charge is 0.442 e. The summed E-state index contributed by atoms with van der Waals surface area (Å²) in [7, 11) is 1.93. The highest BCUT2D eigenvalue weighted by Gasteiger charge is 2.31. The molecule has 232 valence electrons. The SMILES string of the molecule is Cn1c(-c2cc3cccc(C=CCn4cnc(F)c4)c3n2CC2CC2)nc2cc3c(nc21)CCN(CC(CF)OC(N)=O)C3=O. The van der Waals surface area contributed by atoms with Crippen LogP contribution in [0.15, 0.2) is 48.9 Å². The van der Waals surface area contributed by atoms with Crippen LogP contribution in [0.5, 0.6) is 0 Å².